The van der Waals surface area contributed by atoms with Gasteiger partial charge in [-0.05, 0) is 12.1 Å². The van der Waals surface area contributed by atoms with E-state index in [1.165, 1.54) is 11.0 Å². The molecule has 1 saturated heterocycles. The van der Waals surface area contributed by atoms with Crippen LogP contribution in [0.1, 0.15) is 6.42 Å². The Balaban J connectivity index is 2.29. The van der Waals surface area contributed by atoms with Crippen LogP contribution in [0.3, 0.4) is 0 Å². The van der Waals surface area contributed by atoms with Crippen molar-refractivity contribution >= 4 is 34.9 Å². The topological polar surface area (TPSA) is 102 Å². The van der Waals surface area contributed by atoms with Crippen LogP contribution < -0.4 is 16.4 Å². The van der Waals surface area contributed by atoms with Crippen LogP contribution >= 0.6 is 11.6 Å². The first-order chi connectivity index (χ1) is 7.99. The number of hydrogen-bond acceptors (Lipinski definition) is 4. The number of nitrogens with two attached hydrogens (primary N) is 2. The smallest absolute Gasteiger partial charge is 0.227 e. The molecule has 0 spiro atoms. The van der Waals surface area contributed by atoms with Crippen molar-refractivity contribution in [2.45, 2.75) is 6.42 Å². The Morgan fingerprint density at radius 3 is 2.76 bits per heavy atom. The standard InChI is InChI=1S/C10H11ClN4O2/c11-7-2-1-6(9(12)14-7)15-4-5(10(13)17)3-8(15)16/h1-2,5H,3-4H2,(H2,12,14)(H2,13,17). The maximum Gasteiger partial charge on any atom is 0.227 e. The molecule has 2 rings (SSSR count). The second kappa shape index (κ2) is 4.21. The maximum absolute atomic E-state index is 11.7. The summed E-state index contributed by atoms with van der Waals surface area (Å²) in [5.74, 6) is -0.987. The van der Waals surface area contributed by atoms with Gasteiger partial charge in [-0.1, -0.05) is 11.6 Å². The van der Waals surface area contributed by atoms with Gasteiger partial charge >= 0.3 is 0 Å². The van der Waals surface area contributed by atoms with Crippen molar-refractivity contribution in [1.82, 2.24) is 4.98 Å². The van der Waals surface area contributed by atoms with E-state index in [1.54, 1.807) is 6.07 Å². The second-order valence-corrected chi connectivity index (χ2v) is 4.23. The second-order valence-electron chi connectivity index (χ2n) is 3.85. The van der Waals surface area contributed by atoms with Gasteiger partial charge in [-0.15, -0.1) is 0 Å². The van der Waals surface area contributed by atoms with E-state index in [2.05, 4.69) is 4.98 Å². The molecule has 2 heterocycles. The van der Waals surface area contributed by atoms with Crippen molar-refractivity contribution in [1.29, 1.82) is 0 Å². The minimum atomic E-state index is -0.485. The number of anilines is 2. The molecule has 7 heteroatoms. The molecular formula is C10H11ClN4O2. The highest BCUT2D eigenvalue weighted by Crippen LogP contribution is 2.29. The van der Waals surface area contributed by atoms with Crippen molar-refractivity contribution in [2.75, 3.05) is 17.2 Å². The number of amides is 2. The molecule has 1 aromatic heterocycles. The lowest BCUT2D eigenvalue weighted by atomic mass is 10.1. The Morgan fingerprint density at radius 1 is 1.53 bits per heavy atom. The van der Waals surface area contributed by atoms with E-state index in [-0.39, 0.29) is 29.8 Å². The Kier molecular flexibility index (Phi) is 2.89. The first kappa shape index (κ1) is 11.7. The van der Waals surface area contributed by atoms with Crippen LogP contribution in [-0.4, -0.2) is 23.3 Å². The summed E-state index contributed by atoms with van der Waals surface area (Å²) in [4.78, 5) is 28.0. The molecule has 17 heavy (non-hydrogen) atoms. The predicted molar refractivity (Wildman–Crippen MR) is 63.3 cm³/mol. The number of hydrogen-bond donors (Lipinski definition) is 2. The SMILES string of the molecule is NC(=O)C1CC(=O)N(c2ccc(Cl)nc2N)C1. The number of nitrogen functional groups attached to an aromatic ring is 1. The summed E-state index contributed by atoms with van der Waals surface area (Å²) in [5.41, 5.74) is 11.3. The summed E-state index contributed by atoms with van der Waals surface area (Å²) >= 11 is 5.67. The largest absolute Gasteiger partial charge is 0.382 e. The summed E-state index contributed by atoms with van der Waals surface area (Å²) in [6.07, 6.45) is 0.109. The summed E-state index contributed by atoms with van der Waals surface area (Å²) < 4.78 is 0. The summed E-state index contributed by atoms with van der Waals surface area (Å²) in [6, 6.07) is 3.14. The zero-order chi connectivity index (χ0) is 12.6. The van der Waals surface area contributed by atoms with Gasteiger partial charge in [0.15, 0.2) is 0 Å². The highest BCUT2D eigenvalue weighted by atomic mass is 35.5. The zero-order valence-electron chi connectivity index (χ0n) is 8.89. The number of pyridine rings is 1. The highest BCUT2D eigenvalue weighted by molar-refractivity contribution is 6.29. The lowest BCUT2D eigenvalue weighted by Crippen LogP contribution is -2.29. The van der Waals surface area contributed by atoms with Gasteiger partial charge in [0.05, 0.1) is 11.6 Å². The van der Waals surface area contributed by atoms with Crippen molar-refractivity contribution in [2.24, 2.45) is 11.7 Å². The molecule has 1 unspecified atom stereocenters. The lowest BCUT2D eigenvalue weighted by Gasteiger charge is -2.17. The van der Waals surface area contributed by atoms with Crippen molar-refractivity contribution in [3.63, 3.8) is 0 Å². The number of carbonyl (C=O) groups excluding carboxylic acids is 2. The third-order valence-corrected chi connectivity index (χ3v) is 2.90. The molecule has 2 amide bonds. The first-order valence-corrected chi connectivity index (χ1v) is 5.38. The number of aromatic nitrogens is 1. The Bertz CT molecular complexity index is 491. The van der Waals surface area contributed by atoms with Crippen LogP contribution in [0.5, 0.6) is 0 Å². The molecule has 0 aromatic carbocycles. The monoisotopic (exact) mass is 254 g/mol. The molecular weight excluding hydrogens is 244 g/mol. The fraction of sp³-hybridized carbons (Fsp3) is 0.300. The fourth-order valence-corrected chi connectivity index (χ4v) is 1.96. The molecule has 1 aromatic rings. The molecule has 1 aliphatic rings. The van der Waals surface area contributed by atoms with Crippen LogP contribution in [0.2, 0.25) is 5.15 Å². The number of rotatable bonds is 2. The van der Waals surface area contributed by atoms with E-state index in [9.17, 15) is 9.59 Å². The molecule has 6 nitrogen and oxygen atoms in total. The van der Waals surface area contributed by atoms with E-state index >= 15 is 0 Å². The Morgan fingerprint density at radius 2 is 2.24 bits per heavy atom. The number of nitrogens with zero attached hydrogens (tertiary/aromatic N) is 2. The van der Waals surface area contributed by atoms with Gasteiger partial charge in [-0.3, -0.25) is 9.59 Å². The average Bonchev–Trinajstić information content (AvgIpc) is 2.61. The molecule has 4 N–H and O–H groups in total. The first-order valence-electron chi connectivity index (χ1n) is 5.00. The van der Waals surface area contributed by atoms with Gasteiger partial charge in [0.1, 0.15) is 11.0 Å². The van der Waals surface area contributed by atoms with Crippen molar-refractivity contribution in [3.05, 3.63) is 17.3 Å². The molecule has 1 fully saturated rings. The van der Waals surface area contributed by atoms with Gasteiger partial charge in [-0.2, -0.15) is 0 Å². The third kappa shape index (κ3) is 2.16. The van der Waals surface area contributed by atoms with Crippen LogP contribution in [0.15, 0.2) is 12.1 Å². The molecule has 0 aliphatic carbocycles. The number of carbonyl (C=O) groups is 2. The van der Waals surface area contributed by atoms with E-state index in [0.717, 1.165) is 0 Å². The zero-order valence-corrected chi connectivity index (χ0v) is 9.65. The molecule has 0 saturated carbocycles. The van der Waals surface area contributed by atoms with Gasteiger partial charge in [-0.25, -0.2) is 4.98 Å². The molecule has 90 valence electrons. The molecule has 0 bridgehead atoms. The van der Waals surface area contributed by atoms with E-state index < -0.39 is 11.8 Å². The van der Waals surface area contributed by atoms with Gasteiger partial charge in [0.25, 0.3) is 0 Å². The van der Waals surface area contributed by atoms with Gasteiger partial charge in [0.2, 0.25) is 11.8 Å². The average molecular weight is 255 g/mol. The summed E-state index contributed by atoms with van der Waals surface area (Å²) in [7, 11) is 0. The van der Waals surface area contributed by atoms with Crippen molar-refractivity contribution < 1.29 is 9.59 Å². The highest BCUT2D eigenvalue weighted by Gasteiger charge is 2.34. The summed E-state index contributed by atoms with van der Waals surface area (Å²) in [5, 5.41) is 0.254. The van der Waals surface area contributed by atoms with Gasteiger partial charge in [0, 0.05) is 13.0 Å². The van der Waals surface area contributed by atoms with Crippen molar-refractivity contribution in [3.8, 4) is 0 Å². The van der Waals surface area contributed by atoms with E-state index in [1.807, 2.05) is 0 Å². The maximum atomic E-state index is 11.7. The number of halogens is 1. The molecule has 0 radical (unpaired) electrons. The quantitative estimate of drug-likeness (QED) is 0.734. The Labute approximate surface area is 103 Å². The lowest BCUT2D eigenvalue weighted by molar-refractivity contribution is -0.123. The predicted octanol–water partition coefficient (Wildman–Crippen LogP) is 0.155. The van der Waals surface area contributed by atoms with Crippen LogP contribution in [-0.2, 0) is 9.59 Å². The number of primary amides is 1. The molecule has 1 aliphatic heterocycles. The fourth-order valence-electron chi connectivity index (χ4n) is 1.80. The minimum absolute atomic E-state index is 0.109. The van der Waals surface area contributed by atoms with Crippen LogP contribution in [0.4, 0.5) is 11.5 Å². The normalized spacial score (nSPS) is 19.7. The summed E-state index contributed by atoms with van der Waals surface area (Å²) in [6.45, 7) is 0.238. The van der Waals surface area contributed by atoms with E-state index in [0.29, 0.717) is 5.69 Å². The molecule has 1 atom stereocenters. The van der Waals surface area contributed by atoms with Crippen LogP contribution in [0.25, 0.3) is 0 Å². The van der Waals surface area contributed by atoms with Crippen LogP contribution in [0, 0.1) is 5.92 Å². The third-order valence-electron chi connectivity index (χ3n) is 2.69. The minimum Gasteiger partial charge on any atom is -0.382 e. The Hall–Kier alpha value is -1.82. The van der Waals surface area contributed by atoms with Gasteiger partial charge < -0.3 is 16.4 Å². The van der Waals surface area contributed by atoms with E-state index in [4.69, 9.17) is 23.1 Å².